The summed E-state index contributed by atoms with van der Waals surface area (Å²) in [5, 5.41) is 2.67. The predicted octanol–water partition coefficient (Wildman–Crippen LogP) is 3.37. The molecule has 3 N–H and O–H groups in total. The highest BCUT2D eigenvalue weighted by atomic mass is 19.1. The number of carbonyl (C=O) groups is 1. The topological polar surface area (TPSA) is 64.3 Å². The second kappa shape index (κ2) is 6.26. The summed E-state index contributed by atoms with van der Waals surface area (Å²) in [5.74, 6) is -0.203. The summed E-state index contributed by atoms with van der Waals surface area (Å²) < 4.78 is 18.8. The number of benzene rings is 2. The molecule has 2 aromatic rings. The average Bonchev–Trinajstić information content (AvgIpc) is 2.43. The van der Waals surface area contributed by atoms with E-state index in [9.17, 15) is 9.18 Å². The molecular weight excluding hydrogens is 271 g/mol. The maximum absolute atomic E-state index is 13.5. The van der Waals surface area contributed by atoms with Crippen LogP contribution in [-0.2, 0) is 0 Å². The molecule has 0 saturated heterocycles. The molecule has 110 valence electrons. The molecule has 5 heteroatoms. The van der Waals surface area contributed by atoms with Crippen molar-refractivity contribution in [2.45, 2.75) is 13.8 Å². The van der Waals surface area contributed by atoms with Crippen molar-refractivity contribution in [3.05, 3.63) is 53.3 Å². The zero-order valence-electron chi connectivity index (χ0n) is 11.9. The molecule has 4 nitrogen and oxygen atoms in total. The number of rotatable bonds is 4. The van der Waals surface area contributed by atoms with Crippen LogP contribution in [0.25, 0.3) is 0 Å². The third-order valence-corrected chi connectivity index (χ3v) is 3.02. The van der Waals surface area contributed by atoms with Crippen LogP contribution in [0, 0.1) is 12.7 Å². The molecule has 0 aromatic heterocycles. The van der Waals surface area contributed by atoms with E-state index in [0.29, 0.717) is 34.9 Å². The van der Waals surface area contributed by atoms with Gasteiger partial charge in [-0.05, 0) is 38.1 Å². The first kappa shape index (κ1) is 14.8. The molecule has 0 aliphatic rings. The van der Waals surface area contributed by atoms with Crippen LogP contribution in [0.3, 0.4) is 0 Å². The van der Waals surface area contributed by atoms with Gasteiger partial charge >= 0.3 is 0 Å². The smallest absolute Gasteiger partial charge is 0.255 e. The monoisotopic (exact) mass is 288 g/mol. The minimum atomic E-state index is -0.365. The first-order valence-electron chi connectivity index (χ1n) is 6.61. The SMILES string of the molecule is CCOc1cc(N)cc(C(=O)Nc2cccc(F)c2C)c1. The molecule has 2 aromatic carbocycles. The molecule has 1 amide bonds. The number of hydrogen-bond donors (Lipinski definition) is 2. The molecule has 0 aliphatic heterocycles. The number of anilines is 2. The van der Waals surface area contributed by atoms with Gasteiger partial charge < -0.3 is 15.8 Å². The van der Waals surface area contributed by atoms with Gasteiger partial charge in [-0.25, -0.2) is 4.39 Å². The Morgan fingerprint density at radius 2 is 2.10 bits per heavy atom. The van der Waals surface area contributed by atoms with Crippen LogP contribution in [-0.4, -0.2) is 12.5 Å². The van der Waals surface area contributed by atoms with E-state index < -0.39 is 0 Å². The molecule has 0 unspecified atom stereocenters. The lowest BCUT2D eigenvalue weighted by molar-refractivity contribution is 0.102. The van der Waals surface area contributed by atoms with E-state index in [4.69, 9.17) is 10.5 Å². The Hall–Kier alpha value is -2.56. The molecular formula is C16H17FN2O2. The summed E-state index contributed by atoms with van der Waals surface area (Å²) in [7, 11) is 0. The molecule has 0 atom stereocenters. The standard InChI is InChI=1S/C16H17FN2O2/c1-3-21-13-8-11(7-12(18)9-13)16(20)19-15-6-4-5-14(17)10(15)2/h4-9H,3,18H2,1-2H3,(H,19,20). The van der Waals surface area contributed by atoms with Gasteiger partial charge in [0.1, 0.15) is 11.6 Å². The zero-order valence-corrected chi connectivity index (χ0v) is 11.9. The number of ether oxygens (including phenoxy) is 1. The van der Waals surface area contributed by atoms with Crippen LogP contribution in [0.2, 0.25) is 0 Å². The van der Waals surface area contributed by atoms with Crippen molar-refractivity contribution >= 4 is 17.3 Å². The van der Waals surface area contributed by atoms with Crippen molar-refractivity contribution in [3.8, 4) is 5.75 Å². The number of hydrogen-bond acceptors (Lipinski definition) is 3. The van der Waals surface area contributed by atoms with Crippen LogP contribution >= 0.6 is 0 Å². The predicted molar refractivity (Wildman–Crippen MR) is 81.1 cm³/mol. The maximum Gasteiger partial charge on any atom is 0.255 e. The summed E-state index contributed by atoms with van der Waals surface area (Å²) >= 11 is 0. The highest BCUT2D eigenvalue weighted by molar-refractivity contribution is 6.05. The molecule has 0 aliphatic carbocycles. The van der Waals surface area contributed by atoms with E-state index >= 15 is 0 Å². The number of nitrogens with two attached hydrogens (primary N) is 1. The van der Waals surface area contributed by atoms with E-state index in [0.717, 1.165) is 0 Å². The quantitative estimate of drug-likeness (QED) is 0.848. The summed E-state index contributed by atoms with van der Waals surface area (Å²) in [6.07, 6.45) is 0. The molecule has 0 fully saturated rings. The van der Waals surface area contributed by atoms with Gasteiger partial charge in [0.15, 0.2) is 0 Å². The lowest BCUT2D eigenvalue weighted by Gasteiger charge is -2.11. The molecule has 0 saturated carbocycles. The van der Waals surface area contributed by atoms with Crippen LogP contribution in [0.5, 0.6) is 5.75 Å². The van der Waals surface area contributed by atoms with Crippen molar-refractivity contribution in [2.24, 2.45) is 0 Å². The molecule has 0 bridgehead atoms. The van der Waals surface area contributed by atoms with E-state index in [1.165, 1.54) is 6.07 Å². The van der Waals surface area contributed by atoms with E-state index in [2.05, 4.69) is 5.32 Å². The lowest BCUT2D eigenvalue weighted by Crippen LogP contribution is -2.13. The van der Waals surface area contributed by atoms with Gasteiger partial charge in [0.25, 0.3) is 5.91 Å². The van der Waals surface area contributed by atoms with Crippen LogP contribution in [0.4, 0.5) is 15.8 Å². The number of carbonyl (C=O) groups excluding carboxylic acids is 1. The number of halogens is 1. The lowest BCUT2D eigenvalue weighted by atomic mass is 10.1. The fourth-order valence-electron chi connectivity index (χ4n) is 1.94. The largest absolute Gasteiger partial charge is 0.494 e. The van der Waals surface area contributed by atoms with Gasteiger partial charge in [-0.3, -0.25) is 4.79 Å². The second-order valence-corrected chi connectivity index (χ2v) is 4.59. The highest BCUT2D eigenvalue weighted by Crippen LogP contribution is 2.22. The van der Waals surface area contributed by atoms with E-state index in [1.54, 1.807) is 37.3 Å². The van der Waals surface area contributed by atoms with Gasteiger partial charge in [-0.1, -0.05) is 6.07 Å². The third kappa shape index (κ3) is 3.51. The Morgan fingerprint density at radius 3 is 2.81 bits per heavy atom. The van der Waals surface area contributed by atoms with Crippen LogP contribution in [0.1, 0.15) is 22.8 Å². The maximum atomic E-state index is 13.5. The third-order valence-electron chi connectivity index (χ3n) is 3.02. The van der Waals surface area contributed by atoms with E-state index in [-0.39, 0.29) is 11.7 Å². The Kier molecular flexibility index (Phi) is 4.42. The van der Waals surface area contributed by atoms with Crippen molar-refractivity contribution in [2.75, 3.05) is 17.7 Å². The van der Waals surface area contributed by atoms with Gasteiger partial charge in [-0.15, -0.1) is 0 Å². The van der Waals surface area contributed by atoms with E-state index in [1.807, 2.05) is 6.92 Å². The summed E-state index contributed by atoms with van der Waals surface area (Å²) in [6, 6.07) is 9.33. The highest BCUT2D eigenvalue weighted by Gasteiger charge is 2.11. The first-order valence-corrected chi connectivity index (χ1v) is 6.61. The number of nitrogen functional groups attached to an aromatic ring is 1. The minimum absolute atomic E-state index is 0.363. The van der Waals surface area contributed by atoms with Crippen molar-refractivity contribution in [1.29, 1.82) is 0 Å². The summed E-state index contributed by atoms with van der Waals surface area (Å²) in [5.41, 5.74) is 7.37. The summed E-state index contributed by atoms with van der Waals surface area (Å²) in [4.78, 5) is 12.2. The van der Waals surface area contributed by atoms with Crippen molar-refractivity contribution in [3.63, 3.8) is 0 Å². The first-order chi connectivity index (χ1) is 10.0. The molecule has 21 heavy (non-hydrogen) atoms. The summed E-state index contributed by atoms with van der Waals surface area (Å²) in [6.45, 7) is 3.93. The van der Waals surface area contributed by atoms with Gasteiger partial charge in [0.2, 0.25) is 0 Å². The number of nitrogens with one attached hydrogen (secondary N) is 1. The van der Waals surface area contributed by atoms with Gasteiger partial charge in [-0.2, -0.15) is 0 Å². The molecule has 0 spiro atoms. The van der Waals surface area contributed by atoms with Crippen LogP contribution < -0.4 is 15.8 Å². The molecule has 0 heterocycles. The van der Waals surface area contributed by atoms with Crippen molar-refractivity contribution < 1.29 is 13.9 Å². The van der Waals surface area contributed by atoms with Crippen LogP contribution in [0.15, 0.2) is 36.4 Å². The van der Waals surface area contributed by atoms with Crippen molar-refractivity contribution in [1.82, 2.24) is 0 Å². The average molecular weight is 288 g/mol. The Bertz CT molecular complexity index is 671. The zero-order chi connectivity index (χ0) is 15.4. The molecule has 2 rings (SSSR count). The molecule has 0 radical (unpaired) electrons. The Morgan fingerprint density at radius 1 is 1.33 bits per heavy atom. The van der Waals surface area contributed by atoms with Gasteiger partial charge in [0, 0.05) is 28.6 Å². The Balaban J connectivity index is 2.26. The normalized spacial score (nSPS) is 10.2. The Labute approximate surface area is 122 Å². The van der Waals surface area contributed by atoms with Gasteiger partial charge in [0.05, 0.1) is 6.61 Å². The number of amides is 1. The second-order valence-electron chi connectivity index (χ2n) is 4.59. The minimum Gasteiger partial charge on any atom is -0.494 e. The fraction of sp³-hybridized carbons (Fsp3) is 0.188. The fourth-order valence-corrected chi connectivity index (χ4v) is 1.94.